The first-order chi connectivity index (χ1) is 27.4. The molecule has 2 unspecified atom stereocenters. The normalized spacial score (nSPS) is 23.0. The van der Waals surface area contributed by atoms with Gasteiger partial charge in [-0.05, 0) is 119 Å². The van der Waals surface area contributed by atoms with Gasteiger partial charge in [0.15, 0.2) is 11.6 Å². The van der Waals surface area contributed by atoms with Gasteiger partial charge in [-0.25, -0.2) is 28.9 Å². The monoisotopic (exact) mass is 848 g/mol. The van der Waals surface area contributed by atoms with Gasteiger partial charge in [-0.15, -0.1) is 10.2 Å². The highest BCUT2D eigenvalue weighted by Gasteiger charge is 2.40. The van der Waals surface area contributed by atoms with Gasteiger partial charge in [0.05, 0.1) is 24.3 Å². The van der Waals surface area contributed by atoms with Crippen molar-refractivity contribution < 1.29 is 46.9 Å². The molecule has 0 aliphatic heterocycles. The van der Waals surface area contributed by atoms with Crippen molar-refractivity contribution in [1.29, 1.82) is 0 Å². The molecular weight excluding hydrogens is 804 g/mol. The van der Waals surface area contributed by atoms with E-state index < -0.39 is 30.0 Å². The van der Waals surface area contributed by atoms with Crippen molar-refractivity contribution >= 4 is 41.4 Å². The van der Waals surface area contributed by atoms with Gasteiger partial charge >= 0.3 is 18.1 Å². The number of hydrogen-bond acceptors (Lipinski definition) is 10. The van der Waals surface area contributed by atoms with E-state index in [9.17, 15) is 22.8 Å². The van der Waals surface area contributed by atoms with E-state index in [4.69, 9.17) is 47.3 Å². The van der Waals surface area contributed by atoms with E-state index in [2.05, 4.69) is 20.2 Å². The van der Waals surface area contributed by atoms with Crippen LogP contribution in [0.2, 0.25) is 10.3 Å². The smallest absolute Gasteiger partial charge is 0.446 e. The number of aromatic carboxylic acids is 1. The lowest BCUT2D eigenvalue weighted by Gasteiger charge is -2.20. The van der Waals surface area contributed by atoms with Crippen LogP contribution in [0.5, 0.6) is 11.8 Å². The maximum absolute atomic E-state index is 12.2. The molecule has 4 bridgehead atoms. The number of alkyl halides is 3. The Morgan fingerprint density at radius 1 is 0.759 bits per heavy atom. The molecule has 4 heterocycles. The standard InChI is InChI=1S/C21H26ClN3O3.C17H18ClN3O3.C2HF3O/c1-21(2,3)28-20(26)16-6-7-17(23-19(16)22)25-9-8-18(24-25)27-12-15-11-13-4-5-14(15)10-13;18-16-13(17(22)23)3-4-14(19-16)21-6-5-15(20-21)24-9-12-8-10-1-2-11(12)7-10;3-2(4,5)1-6/h6-9,13-15H,4-5,10-12H2,1-3H3;3-6,10-12H,1-2,7-9H2,(H,22,23);1H/t13-,14+,15?;10-,11+,12?;/m11./s1. The van der Waals surface area contributed by atoms with E-state index >= 15 is 0 Å². The molecule has 312 valence electrons. The number of carboxylic acid groups (broad SMARTS) is 1. The Labute approximate surface area is 343 Å². The minimum atomic E-state index is -4.64. The molecule has 0 aromatic carbocycles. The van der Waals surface area contributed by atoms with E-state index in [1.807, 2.05) is 26.8 Å². The molecule has 4 saturated carbocycles. The van der Waals surface area contributed by atoms with Crippen LogP contribution in [0.1, 0.15) is 92.9 Å². The number of nitrogens with zero attached hydrogens (tertiary/aromatic N) is 6. The Kier molecular flexibility index (Phi) is 13.4. The van der Waals surface area contributed by atoms with Crippen LogP contribution < -0.4 is 9.47 Å². The lowest BCUT2D eigenvalue weighted by molar-refractivity contribution is -0.156. The minimum absolute atomic E-state index is 0.0275. The quantitative estimate of drug-likeness (QED) is 0.0922. The number of aromatic nitrogens is 6. The Balaban J connectivity index is 0.000000173. The molecule has 6 atom stereocenters. The molecule has 0 radical (unpaired) electrons. The summed E-state index contributed by atoms with van der Waals surface area (Å²) in [5, 5.41) is 17.8. The number of ether oxygens (including phenoxy) is 3. The summed E-state index contributed by atoms with van der Waals surface area (Å²) < 4.78 is 51.5. The van der Waals surface area contributed by atoms with Gasteiger partial charge in [0.25, 0.3) is 0 Å². The van der Waals surface area contributed by atoms with Crippen LogP contribution in [-0.2, 0) is 9.53 Å². The Hall–Kier alpha value is -4.70. The molecule has 13 nitrogen and oxygen atoms in total. The van der Waals surface area contributed by atoms with Crippen molar-refractivity contribution in [3.8, 4) is 23.4 Å². The number of pyridine rings is 2. The number of carbonyl (C=O) groups is 3. The first-order valence-corrected chi connectivity index (χ1v) is 19.9. The maximum atomic E-state index is 12.2. The third-order valence-corrected chi connectivity index (χ3v) is 11.5. The van der Waals surface area contributed by atoms with Gasteiger partial charge in [-0.3, -0.25) is 4.79 Å². The van der Waals surface area contributed by atoms with Gasteiger partial charge in [-0.1, -0.05) is 36.0 Å². The van der Waals surface area contributed by atoms with E-state index in [-0.39, 0.29) is 21.4 Å². The van der Waals surface area contributed by atoms with E-state index in [0.29, 0.717) is 41.8 Å². The number of fused-ring (bicyclic) bond motifs is 4. The molecule has 4 aromatic heterocycles. The molecule has 4 fully saturated rings. The molecule has 1 N–H and O–H groups in total. The number of halogens is 5. The highest BCUT2D eigenvalue weighted by atomic mass is 35.5. The van der Waals surface area contributed by atoms with Gasteiger partial charge in [-0.2, -0.15) is 13.2 Å². The van der Waals surface area contributed by atoms with Gasteiger partial charge < -0.3 is 19.3 Å². The fraction of sp³-hybridized carbons (Fsp3) is 0.525. The van der Waals surface area contributed by atoms with Crippen LogP contribution in [0.3, 0.4) is 0 Å². The second-order valence-electron chi connectivity index (χ2n) is 16.2. The van der Waals surface area contributed by atoms with Crippen molar-refractivity contribution in [1.82, 2.24) is 29.5 Å². The fourth-order valence-electron chi connectivity index (χ4n) is 8.32. The number of aldehydes is 1. The van der Waals surface area contributed by atoms with Gasteiger partial charge in [0, 0.05) is 24.5 Å². The topological polar surface area (TPSA) is 161 Å². The van der Waals surface area contributed by atoms with E-state index in [1.165, 1.54) is 62.1 Å². The minimum Gasteiger partial charge on any atom is -0.478 e. The lowest BCUT2D eigenvalue weighted by Crippen LogP contribution is -2.24. The molecule has 58 heavy (non-hydrogen) atoms. The summed E-state index contributed by atoms with van der Waals surface area (Å²) in [5.41, 5.74) is -0.382. The van der Waals surface area contributed by atoms with Gasteiger partial charge in [0.2, 0.25) is 18.0 Å². The molecule has 0 spiro atoms. The molecular formula is C40H45Cl2F3N6O7. The van der Waals surface area contributed by atoms with Crippen molar-refractivity contribution in [2.75, 3.05) is 13.2 Å². The number of carboxylic acids is 1. The van der Waals surface area contributed by atoms with Crippen molar-refractivity contribution in [2.24, 2.45) is 35.5 Å². The highest BCUT2D eigenvalue weighted by Crippen LogP contribution is 2.49. The summed E-state index contributed by atoms with van der Waals surface area (Å²) in [6.45, 7) is 6.86. The van der Waals surface area contributed by atoms with Crippen LogP contribution >= 0.6 is 23.2 Å². The average Bonchev–Trinajstić information content (AvgIpc) is 4.03. The molecule has 4 aliphatic carbocycles. The van der Waals surface area contributed by atoms with E-state index in [1.54, 1.807) is 41.3 Å². The maximum Gasteiger partial charge on any atom is 0.446 e. The zero-order valence-corrected chi connectivity index (χ0v) is 33.7. The fourth-order valence-corrected chi connectivity index (χ4v) is 8.78. The summed E-state index contributed by atoms with van der Waals surface area (Å²) in [4.78, 5) is 40.2. The summed E-state index contributed by atoms with van der Waals surface area (Å²) in [6, 6.07) is 9.90. The Bertz CT molecular complexity index is 2090. The zero-order valence-electron chi connectivity index (χ0n) is 32.2. The Morgan fingerprint density at radius 3 is 1.55 bits per heavy atom. The molecule has 4 aliphatic rings. The van der Waals surface area contributed by atoms with Crippen LogP contribution in [0.4, 0.5) is 13.2 Å². The third-order valence-electron chi connectivity index (χ3n) is 10.9. The first-order valence-electron chi connectivity index (χ1n) is 19.1. The number of carbonyl (C=O) groups excluding carboxylic acids is 2. The average molecular weight is 850 g/mol. The predicted octanol–water partition coefficient (Wildman–Crippen LogP) is 8.87. The molecule has 4 aromatic rings. The van der Waals surface area contributed by atoms with Crippen LogP contribution in [0.15, 0.2) is 48.8 Å². The van der Waals surface area contributed by atoms with Crippen LogP contribution in [0, 0.1) is 35.5 Å². The number of hydrogen-bond donors (Lipinski definition) is 1. The zero-order chi connectivity index (χ0) is 41.8. The third kappa shape index (κ3) is 11.3. The first kappa shape index (κ1) is 42.9. The summed E-state index contributed by atoms with van der Waals surface area (Å²) in [6.07, 6.45) is 8.56. The van der Waals surface area contributed by atoms with Crippen LogP contribution in [0.25, 0.3) is 11.6 Å². The molecule has 0 amide bonds. The SMILES string of the molecule is CC(C)(C)OC(=O)c1ccc(-n2ccc(OCC3C[C@@H]4CC[C@H]3C4)n2)nc1Cl.O=C(O)c1ccc(-n2ccc(OCC3C[C@@H]4CC[C@H]3C4)n2)nc1Cl.O=CC(F)(F)F. The second-order valence-corrected chi connectivity index (χ2v) is 16.9. The number of esters is 1. The summed E-state index contributed by atoms with van der Waals surface area (Å²) in [7, 11) is 0. The summed E-state index contributed by atoms with van der Waals surface area (Å²) >= 11 is 12.1. The van der Waals surface area contributed by atoms with Crippen molar-refractivity contribution in [2.45, 2.75) is 83.9 Å². The number of rotatable bonds is 10. The summed E-state index contributed by atoms with van der Waals surface area (Å²) in [5.74, 6) is 5.28. The second kappa shape index (κ2) is 18.1. The van der Waals surface area contributed by atoms with Crippen molar-refractivity contribution in [3.05, 3.63) is 70.2 Å². The molecule has 0 saturated heterocycles. The lowest BCUT2D eigenvalue weighted by atomic mass is 9.90. The van der Waals surface area contributed by atoms with Crippen molar-refractivity contribution in [3.63, 3.8) is 0 Å². The Morgan fingerprint density at radius 2 is 1.21 bits per heavy atom. The van der Waals surface area contributed by atoms with Gasteiger partial charge in [0.1, 0.15) is 15.9 Å². The largest absolute Gasteiger partial charge is 0.478 e. The predicted molar refractivity (Wildman–Crippen MR) is 206 cm³/mol. The molecule has 8 rings (SSSR count). The highest BCUT2D eigenvalue weighted by molar-refractivity contribution is 6.32. The van der Waals surface area contributed by atoms with E-state index in [0.717, 1.165) is 30.3 Å². The van der Waals surface area contributed by atoms with Crippen LogP contribution in [-0.4, -0.2) is 77.9 Å². The molecule has 18 heteroatoms.